The van der Waals surface area contributed by atoms with Crippen LogP contribution in [-0.4, -0.2) is 67.3 Å². The van der Waals surface area contributed by atoms with Crippen molar-refractivity contribution in [3.05, 3.63) is 77.0 Å². The highest BCUT2D eigenvalue weighted by Gasteiger charge is 2.35. The van der Waals surface area contributed by atoms with Crippen molar-refractivity contribution in [2.45, 2.75) is 54.6 Å². The molecule has 0 radical (unpaired) electrons. The highest BCUT2D eigenvalue weighted by Crippen LogP contribution is 2.38. The molecule has 4 atom stereocenters. The van der Waals surface area contributed by atoms with Gasteiger partial charge in [-0.3, -0.25) is 10.0 Å². The van der Waals surface area contributed by atoms with Crippen molar-refractivity contribution in [2.24, 2.45) is 0 Å². The van der Waals surface area contributed by atoms with E-state index in [0.29, 0.717) is 24.8 Å². The van der Waals surface area contributed by atoms with Crippen molar-refractivity contribution in [2.75, 3.05) is 30.7 Å². The van der Waals surface area contributed by atoms with E-state index < -0.39 is 50.8 Å². The van der Waals surface area contributed by atoms with E-state index in [1.165, 1.54) is 18.3 Å². The Morgan fingerprint density at radius 2 is 1.90 bits per heavy atom. The van der Waals surface area contributed by atoms with Crippen LogP contribution in [0.1, 0.15) is 36.3 Å². The number of nitrogens with one attached hydrogen (secondary N) is 3. The van der Waals surface area contributed by atoms with Gasteiger partial charge in [-0.25, -0.2) is 22.8 Å². The van der Waals surface area contributed by atoms with Crippen LogP contribution in [0.5, 0.6) is 0 Å². The van der Waals surface area contributed by atoms with Crippen molar-refractivity contribution in [3.63, 3.8) is 0 Å². The summed E-state index contributed by atoms with van der Waals surface area (Å²) in [5.41, 5.74) is -0.0672. The summed E-state index contributed by atoms with van der Waals surface area (Å²) in [5.74, 6) is -1.34. The standard InChI is InChI=1S/C27H31ClF4N6O3S/c1-38(2)14-26(39)36-23-11-17(16-4-3-5-18(10-16)27(30,31)32)6-7-21(23)35-22-13-20(29)24(12-19(22)28)42(40,41)37-25-8-9-33-15-34-25/h3-5,8-10,12-13,15,17,21,23,26,35-36,39H,6-7,11,14H2,1-2H3,(H,33,34,37)/t17-,21?,23?,26?/m0/s1. The number of hydrogen-bond donors (Lipinski definition) is 4. The molecule has 0 bridgehead atoms. The lowest BCUT2D eigenvalue weighted by Crippen LogP contribution is -2.53. The summed E-state index contributed by atoms with van der Waals surface area (Å²) in [6, 6.07) is 7.61. The fraction of sp³-hybridized carbons (Fsp3) is 0.407. The summed E-state index contributed by atoms with van der Waals surface area (Å²) in [4.78, 5) is 8.57. The Balaban J connectivity index is 1.56. The zero-order valence-electron chi connectivity index (χ0n) is 22.7. The molecule has 1 aliphatic rings. The van der Waals surface area contributed by atoms with E-state index in [4.69, 9.17) is 11.6 Å². The molecule has 4 N–H and O–H groups in total. The van der Waals surface area contributed by atoms with Crippen molar-refractivity contribution >= 4 is 33.1 Å². The molecule has 0 spiro atoms. The first-order valence-corrected chi connectivity index (χ1v) is 14.9. The second kappa shape index (κ2) is 13.1. The molecule has 1 aliphatic carbocycles. The second-order valence-electron chi connectivity index (χ2n) is 10.4. The first-order valence-electron chi connectivity index (χ1n) is 13.0. The summed E-state index contributed by atoms with van der Waals surface area (Å²) in [6.45, 7) is 0.277. The smallest absolute Gasteiger partial charge is 0.379 e. The molecule has 228 valence electrons. The average Bonchev–Trinajstić information content (AvgIpc) is 2.91. The number of alkyl halides is 3. The summed E-state index contributed by atoms with van der Waals surface area (Å²) < 4.78 is 82.9. The number of rotatable bonds is 10. The lowest BCUT2D eigenvalue weighted by atomic mass is 9.78. The van der Waals surface area contributed by atoms with Crippen LogP contribution in [0.25, 0.3) is 0 Å². The van der Waals surface area contributed by atoms with Gasteiger partial charge in [0, 0.05) is 24.8 Å². The maximum absolute atomic E-state index is 15.1. The molecule has 15 heteroatoms. The zero-order chi connectivity index (χ0) is 30.7. The number of anilines is 2. The van der Waals surface area contributed by atoms with E-state index in [-0.39, 0.29) is 29.0 Å². The maximum atomic E-state index is 15.1. The number of sulfonamides is 1. The number of likely N-dealkylation sites (N-methyl/N-ethyl adjacent to an activating group) is 1. The molecule has 0 aliphatic heterocycles. The fourth-order valence-corrected chi connectivity index (χ4v) is 6.41. The molecule has 3 aromatic rings. The van der Waals surface area contributed by atoms with E-state index in [2.05, 4.69) is 25.3 Å². The molecular weight excluding hydrogens is 600 g/mol. The molecule has 1 saturated carbocycles. The first-order chi connectivity index (χ1) is 19.7. The van der Waals surface area contributed by atoms with E-state index in [0.717, 1.165) is 30.6 Å². The molecule has 4 rings (SSSR count). The number of aromatic nitrogens is 2. The summed E-state index contributed by atoms with van der Waals surface area (Å²) in [6.07, 6.45) is -1.64. The summed E-state index contributed by atoms with van der Waals surface area (Å²) in [7, 11) is -0.799. The maximum Gasteiger partial charge on any atom is 0.416 e. The highest BCUT2D eigenvalue weighted by molar-refractivity contribution is 7.92. The third-order valence-corrected chi connectivity index (χ3v) is 8.64. The number of benzene rings is 2. The Morgan fingerprint density at radius 3 is 2.57 bits per heavy atom. The fourth-order valence-electron chi connectivity index (χ4n) is 5.03. The second-order valence-corrected chi connectivity index (χ2v) is 12.5. The predicted molar refractivity (Wildman–Crippen MR) is 151 cm³/mol. The number of aliphatic hydroxyl groups is 1. The SMILES string of the molecule is CN(C)CC(O)NC1C[C@@H](c2cccc(C(F)(F)F)c2)CCC1Nc1cc(F)c(S(=O)(=O)Nc2ccncn2)cc1Cl. The van der Waals surface area contributed by atoms with Crippen LogP contribution < -0.4 is 15.4 Å². The van der Waals surface area contributed by atoms with Gasteiger partial charge >= 0.3 is 6.18 Å². The van der Waals surface area contributed by atoms with Gasteiger partial charge in [0.1, 0.15) is 29.1 Å². The Bertz CT molecular complexity index is 1480. The minimum absolute atomic E-state index is 0.0505. The van der Waals surface area contributed by atoms with Gasteiger partial charge < -0.3 is 15.3 Å². The number of hydrogen-bond acceptors (Lipinski definition) is 8. The molecule has 0 saturated heterocycles. The normalized spacial score (nSPS) is 20.4. The molecular formula is C27H31ClF4N6O3S. The van der Waals surface area contributed by atoms with Gasteiger partial charge in [0.2, 0.25) is 0 Å². The van der Waals surface area contributed by atoms with E-state index in [1.807, 2.05) is 0 Å². The predicted octanol–water partition coefficient (Wildman–Crippen LogP) is 4.68. The van der Waals surface area contributed by atoms with Crippen LogP contribution in [0.3, 0.4) is 0 Å². The Labute approximate surface area is 246 Å². The largest absolute Gasteiger partial charge is 0.416 e. The molecule has 0 amide bonds. The third kappa shape index (κ3) is 8.07. The van der Waals surface area contributed by atoms with Crippen LogP contribution in [0.2, 0.25) is 5.02 Å². The van der Waals surface area contributed by atoms with Crippen LogP contribution >= 0.6 is 11.6 Å². The Hall–Kier alpha value is -3.04. The van der Waals surface area contributed by atoms with Gasteiger partial charge in [-0.2, -0.15) is 13.2 Å². The lowest BCUT2D eigenvalue weighted by molar-refractivity contribution is -0.137. The quantitative estimate of drug-likeness (QED) is 0.188. The van der Waals surface area contributed by atoms with Crippen LogP contribution in [0, 0.1) is 5.82 Å². The molecule has 9 nitrogen and oxygen atoms in total. The average molecular weight is 631 g/mol. The molecule has 42 heavy (non-hydrogen) atoms. The summed E-state index contributed by atoms with van der Waals surface area (Å²) >= 11 is 6.41. The van der Waals surface area contributed by atoms with Gasteiger partial charge in [0.05, 0.1) is 16.3 Å². The number of nitrogens with zero attached hydrogens (tertiary/aromatic N) is 3. The molecule has 1 heterocycles. The van der Waals surface area contributed by atoms with Crippen molar-refractivity contribution in [1.29, 1.82) is 0 Å². The number of halogens is 5. The van der Waals surface area contributed by atoms with Crippen molar-refractivity contribution in [3.8, 4) is 0 Å². The highest BCUT2D eigenvalue weighted by atomic mass is 35.5. The van der Waals surface area contributed by atoms with Gasteiger partial charge in [0.25, 0.3) is 10.0 Å². The van der Waals surface area contributed by atoms with E-state index in [9.17, 15) is 26.7 Å². The van der Waals surface area contributed by atoms with Crippen LogP contribution in [0.15, 0.2) is 59.9 Å². The monoisotopic (exact) mass is 630 g/mol. The number of aliphatic hydroxyl groups excluding tert-OH is 1. The topological polar surface area (TPSA) is 119 Å². The molecule has 1 fully saturated rings. The van der Waals surface area contributed by atoms with E-state index >= 15 is 4.39 Å². The summed E-state index contributed by atoms with van der Waals surface area (Å²) in [5, 5.41) is 16.8. The lowest BCUT2D eigenvalue weighted by Gasteiger charge is -2.39. The molecule has 1 aromatic heterocycles. The van der Waals surface area contributed by atoms with Gasteiger partial charge in [0.15, 0.2) is 0 Å². The molecule has 3 unspecified atom stereocenters. The van der Waals surface area contributed by atoms with Crippen molar-refractivity contribution in [1.82, 2.24) is 20.2 Å². The Morgan fingerprint density at radius 1 is 1.14 bits per heavy atom. The van der Waals surface area contributed by atoms with Crippen LogP contribution in [-0.2, 0) is 16.2 Å². The van der Waals surface area contributed by atoms with Gasteiger partial charge in [-0.15, -0.1) is 0 Å². The minimum atomic E-state index is -4.47. The molecule has 2 aromatic carbocycles. The zero-order valence-corrected chi connectivity index (χ0v) is 24.3. The van der Waals surface area contributed by atoms with Crippen LogP contribution in [0.4, 0.5) is 29.1 Å². The first kappa shape index (κ1) is 31.9. The van der Waals surface area contributed by atoms with E-state index in [1.54, 1.807) is 25.1 Å². The Kier molecular flexibility index (Phi) is 9.93. The van der Waals surface area contributed by atoms with Crippen molar-refractivity contribution < 1.29 is 31.1 Å². The van der Waals surface area contributed by atoms with Gasteiger partial charge in [-0.05, 0) is 69.1 Å². The van der Waals surface area contributed by atoms with Gasteiger partial charge in [-0.1, -0.05) is 29.8 Å². The minimum Gasteiger partial charge on any atom is -0.379 e. The third-order valence-electron chi connectivity index (χ3n) is 6.95.